The molecule has 7 heteroatoms. The highest BCUT2D eigenvalue weighted by molar-refractivity contribution is 5.76. The van der Waals surface area contributed by atoms with E-state index in [9.17, 15) is 9.59 Å². The van der Waals surface area contributed by atoms with Crippen LogP contribution in [-0.2, 0) is 0 Å². The van der Waals surface area contributed by atoms with E-state index in [1.165, 1.54) is 11.1 Å². The topological polar surface area (TPSA) is 90.7 Å². The molecular weight excluding hydrogens is 498 g/mol. The Morgan fingerprint density at radius 3 is 2.12 bits per heavy atom. The van der Waals surface area contributed by atoms with Gasteiger partial charge in [-0.25, -0.2) is 9.59 Å². The molecule has 1 saturated carbocycles. The number of hydrogen-bond acceptors (Lipinski definition) is 3. The number of carbonyl (C=O) groups is 2. The fraction of sp³-hybridized carbons (Fsp3) is 0.515. The van der Waals surface area contributed by atoms with Gasteiger partial charge in [-0.15, -0.1) is 0 Å². The maximum Gasteiger partial charge on any atom is 0.320 e. The van der Waals surface area contributed by atoms with Gasteiger partial charge in [0.1, 0.15) is 0 Å². The summed E-state index contributed by atoms with van der Waals surface area (Å²) in [5.41, 5.74) is 9.81. The molecule has 0 saturated heterocycles. The zero-order valence-corrected chi connectivity index (χ0v) is 24.5. The molecule has 0 aliphatic heterocycles. The molecule has 40 heavy (non-hydrogen) atoms. The molecule has 0 aromatic heterocycles. The van der Waals surface area contributed by atoms with E-state index in [-0.39, 0.29) is 30.1 Å². The standard InChI is InChI=1S/C33H49N5O2/c1-4-21-35-32(39)36-24-26(3)25-37(33(40)38(22-5-2)31-19-13-12-18-30(31)34)23-20-29(27-14-8-6-9-15-27)28-16-10-7-11-17-28/h6-11,14-17,29-31H,3-5,12-13,18-25,34H2,1-2H3,(H2,35,36,39)/t30-,31+/m0/s1. The molecule has 7 nitrogen and oxygen atoms in total. The zero-order valence-electron chi connectivity index (χ0n) is 24.5. The number of nitrogens with zero attached hydrogens (tertiary/aromatic N) is 2. The number of nitrogens with two attached hydrogens (primary N) is 1. The largest absolute Gasteiger partial charge is 0.338 e. The second-order valence-electron chi connectivity index (χ2n) is 10.9. The Morgan fingerprint density at radius 2 is 1.55 bits per heavy atom. The second-order valence-corrected chi connectivity index (χ2v) is 10.9. The summed E-state index contributed by atoms with van der Waals surface area (Å²) in [5.74, 6) is 0.153. The van der Waals surface area contributed by atoms with Crippen LogP contribution in [0.3, 0.4) is 0 Å². The van der Waals surface area contributed by atoms with E-state index in [0.717, 1.165) is 50.5 Å². The lowest BCUT2D eigenvalue weighted by Gasteiger charge is -2.41. The number of nitrogens with one attached hydrogen (secondary N) is 2. The first kappa shape index (κ1) is 31.2. The van der Waals surface area contributed by atoms with E-state index in [1.807, 2.05) is 28.9 Å². The van der Waals surface area contributed by atoms with Crippen LogP contribution in [0.1, 0.15) is 75.8 Å². The van der Waals surface area contributed by atoms with Gasteiger partial charge < -0.3 is 26.2 Å². The maximum absolute atomic E-state index is 14.2. The molecule has 2 atom stereocenters. The number of hydrogen-bond donors (Lipinski definition) is 3. The first-order valence-electron chi connectivity index (χ1n) is 15.0. The first-order chi connectivity index (χ1) is 19.4. The van der Waals surface area contributed by atoms with Crippen molar-refractivity contribution in [3.05, 3.63) is 83.9 Å². The van der Waals surface area contributed by atoms with Gasteiger partial charge in [-0.3, -0.25) is 0 Å². The van der Waals surface area contributed by atoms with E-state index in [0.29, 0.717) is 32.7 Å². The van der Waals surface area contributed by atoms with Crippen LogP contribution in [0.5, 0.6) is 0 Å². The summed E-state index contributed by atoms with van der Waals surface area (Å²) in [6, 6.07) is 20.8. The van der Waals surface area contributed by atoms with Gasteiger partial charge in [0.2, 0.25) is 0 Å². The number of benzene rings is 2. The molecule has 4 amide bonds. The van der Waals surface area contributed by atoms with Crippen LogP contribution in [0, 0.1) is 0 Å². The third-order valence-electron chi connectivity index (χ3n) is 7.70. The van der Waals surface area contributed by atoms with E-state index in [2.05, 4.69) is 72.7 Å². The molecular formula is C33H49N5O2. The Bertz CT molecular complexity index is 1010. The highest BCUT2D eigenvalue weighted by atomic mass is 16.2. The van der Waals surface area contributed by atoms with Crippen molar-refractivity contribution in [2.75, 3.05) is 32.7 Å². The second kappa shape index (κ2) is 16.7. The van der Waals surface area contributed by atoms with Crippen molar-refractivity contribution in [2.45, 2.75) is 76.8 Å². The number of rotatable bonds is 14. The van der Waals surface area contributed by atoms with Gasteiger partial charge in [0.05, 0.1) is 0 Å². The minimum Gasteiger partial charge on any atom is -0.338 e. The van der Waals surface area contributed by atoms with Crippen molar-refractivity contribution in [1.29, 1.82) is 0 Å². The summed E-state index contributed by atoms with van der Waals surface area (Å²) in [6.45, 7) is 10.9. The molecule has 0 unspecified atom stereocenters. The van der Waals surface area contributed by atoms with Crippen LogP contribution in [-0.4, -0.2) is 66.7 Å². The lowest BCUT2D eigenvalue weighted by atomic mass is 9.88. The minimum absolute atomic E-state index is 0.000356. The van der Waals surface area contributed by atoms with Crippen molar-refractivity contribution in [3.8, 4) is 0 Å². The van der Waals surface area contributed by atoms with Crippen LogP contribution in [0.2, 0.25) is 0 Å². The Morgan fingerprint density at radius 1 is 0.925 bits per heavy atom. The summed E-state index contributed by atoms with van der Waals surface area (Å²) < 4.78 is 0. The van der Waals surface area contributed by atoms with Crippen molar-refractivity contribution >= 4 is 12.1 Å². The predicted molar refractivity (Wildman–Crippen MR) is 164 cm³/mol. The Labute approximate surface area is 241 Å². The van der Waals surface area contributed by atoms with E-state index < -0.39 is 0 Å². The molecule has 218 valence electrons. The smallest absolute Gasteiger partial charge is 0.320 e. The van der Waals surface area contributed by atoms with Crippen LogP contribution in [0.25, 0.3) is 0 Å². The lowest BCUT2D eigenvalue weighted by molar-refractivity contribution is 0.113. The lowest BCUT2D eigenvalue weighted by Crippen LogP contribution is -2.56. The van der Waals surface area contributed by atoms with Gasteiger partial charge in [-0.05, 0) is 48.8 Å². The van der Waals surface area contributed by atoms with Gasteiger partial charge in [0, 0.05) is 50.7 Å². The zero-order chi connectivity index (χ0) is 28.7. The quantitative estimate of drug-likeness (QED) is 0.258. The Hall–Kier alpha value is -3.32. The van der Waals surface area contributed by atoms with Crippen molar-refractivity contribution in [2.24, 2.45) is 5.73 Å². The van der Waals surface area contributed by atoms with Crippen molar-refractivity contribution in [1.82, 2.24) is 20.4 Å². The van der Waals surface area contributed by atoms with Gasteiger partial charge in [0.25, 0.3) is 0 Å². The highest BCUT2D eigenvalue weighted by Gasteiger charge is 2.33. The van der Waals surface area contributed by atoms with Crippen LogP contribution >= 0.6 is 0 Å². The summed E-state index contributed by atoms with van der Waals surface area (Å²) in [4.78, 5) is 30.3. The molecule has 2 aromatic carbocycles. The molecule has 1 aliphatic carbocycles. The number of amides is 4. The first-order valence-corrected chi connectivity index (χ1v) is 15.0. The molecule has 4 N–H and O–H groups in total. The molecule has 1 fully saturated rings. The van der Waals surface area contributed by atoms with Crippen LogP contribution in [0.4, 0.5) is 9.59 Å². The average Bonchev–Trinajstić information content (AvgIpc) is 2.98. The molecule has 0 heterocycles. The minimum atomic E-state index is -0.213. The average molecular weight is 548 g/mol. The fourth-order valence-corrected chi connectivity index (χ4v) is 5.61. The third-order valence-corrected chi connectivity index (χ3v) is 7.70. The highest BCUT2D eigenvalue weighted by Crippen LogP contribution is 2.29. The van der Waals surface area contributed by atoms with E-state index >= 15 is 0 Å². The summed E-state index contributed by atoms with van der Waals surface area (Å²) in [5, 5.41) is 5.71. The van der Waals surface area contributed by atoms with Crippen LogP contribution < -0.4 is 16.4 Å². The SMILES string of the molecule is C=C(CNC(=O)NCCC)CN(CCC(c1ccccc1)c1ccccc1)C(=O)N(CCC)[C@@H]1CCCC[C@@H]1N. The molecule has 2 aromatic rings. The van der Waals surface area contributed by atoms with Crippen molar-refractivity contribution in [3.63, 3.8) is 0 Å². The summed E-state index contributed by atoms with van der Waals surface area (Å²) in [6.07, 6.45) is 6.63. The molecule has 0 radical (unpaired) electrons. The maximum atomic E-state index is 14.2. The number of urea groups is 2. The molecule has 0 bridgehead atoms. The predicted octanol–water partition coefficient (Wildman–Crippen LogP) is 5.88. The van der Waals surface area contributed by atoms with Crippen molar-refractivity contribution < 1.29 is 9.59 Å². The normalized spacial score (nSPS) is 16.8. The molecule has 0 spiro atoms. The molecule has 1 aliphatic rings. The van der Waals surface area contributed by atoms with Gasteiger partial charge in [-0.2, -0.15) is 0 Å². The summed E-state index contributed by atoms with van der Waals surface area (Å²) in [7, 11) is 0. The third kappa shape index (κ3) is 9.40. The van der Waals surface area contributed by atoms with Gasteiger partial charge in [-0.1, -0.05) is 93.9 Å². The monoisotopic (exact) mass is 547 g/mol. The Balaban J connectivity index is 1.81. The number of carbonyl (C=O) groups excluding carboxylic acids is 2. The molecule has 3 rings (SSSR count). The van der Waals surface area contributed by atoms with Crippen LogP contribution in [0.15, 0.2) is 72.8 Å². The summed E-state index contributed by atoms with van der Waals surface area (Å²) >= 11 is 0. The fourth-order valence-electron chi connectivity index (χ4n) is 5.61. The van der Waals surface area contributed by atoms with Gasteiger partial charge in [0.15, 0.2) is 0 Å². The Kier molecular flexibility index (Phi) is 13.0. The van der Waals surface area contributed by atoms with E-state index in [1.54, 1.807) is 0 Å². The van der Waals surface area contributed by atoms with Gasteiger partial charge >= 0.3 is 12.1 Å². The van der Waals surface area contributed by atoms with E-state index in [4.69, 9.17) is 5.73 Å².